The highest BCUT2D eigenvalue weighted by Gasteiger charge is 2.15. The molecule has 1 aromatic carbocycles. The highest BCUT2D eigenvalue weighted by molar-refractivity contribution is 6.02. The molecule has 0 aliphatic rings. The topological polar surface area (TPSA) is 114 Å². The molecule has 10 heteroatoms. The van der Waals surface area contributed by atoms with Crippen molar-refractivity contribution in [2.45, 2.75) is 13.8 Å². The average Bonchev–Trinajstić information content (AvgIpc) is 3.28. The zero-order valence-electron chi connectivity index (χ0n) is 15.4. The lowest BCUT2D eigenvalue weighted by molar-refractivity contribution is -0.114. The van der Waals surface area contributed by atoms with Crippen molar-refractivity contribution in [3.8, 4) is 11.3 Å². The van der Waals surface area contributed by atoms with Gasteiger partial charge in [-0.2, -0.15) is 0 Å². The predicted molar refractivity (Wildman–Crippen MR) is 102 cm³/mol. The van der Waals surface area contributed by atoms with Crippen LogP contribution in [0.2, 0.25) is 0 Å². The Labute approximate surface area is 163 Å². The number of fused-ring (bicyclic) bond motifs is 1. The second-order valence-electron chi connectivity index (χ2n) is 6.25. The largest absolute Gasteiger partial charge is 0.436 e. The van der Waals surface area contributed by atoms with Gasteiger partial charge in [0, 0.05) is 37.5 Å². The van der Waals surface area contributed by atoms with Gasteiger partial charge in [0.05, 0.1) is 23.8 Å². The quantitative estimate of drug-likeness (QED) is 0.550. The summed E-state index contributed by atoms with van der Waals surface area (Å²) < 4.78 is 21.2. The Balaban J connectivity index is 1.65. The van der Waals surface area contributed by atoms with Crippen molar-refractivity contribution < 1.29 is 18.4 Å². The van der Waals surface area contributed by atoms with Gasteiger partial charge in [0.1, 0.15) is 5.82 Å². The number of carbonyl (C=O) groups is 2. The molecule has 0 saturated heterocycles. The van der Waals surface area contributed by atoms with E-state index in [1.54, 1.807) is 23.7 Å². The molecule has 0 spiro atoms. The molecule has 0 aliphatic carbocycles. The molecule has 0 radical (unpaired) electrons. The Morgan fingerprint density at radius 1 is 1.10 bits per heavy atom. The number of carbonyl (C=O) groups excluding carboxylic acids is 2. The molecule has 3 aromatic heterocycles. The molecule has 3 heterocycles. The lowest BCUT2D eigenvalue weighted by Crippen LogP contribution is -2.11. The summed E-state index contributed by atoms with van der Waals surface area (Å²) in [7, 11) is 0. The van der Waals surface area contributed by atoms with Gasteiger partial charge in [-0.05, 0) is 18.2 Å². The fourth-order valence-corrected chi connectivity index (χ4v) is 2.74. The van der Waals surface area contributed by atoms with E-state index in [0.29, 0.717) is 28.7 Å². The van der Waals surface area contributed by atoms with Crippen molar-refractivity contribution in [3.05, 3.63) is 60.5 Å². The molecule has 0 bridgehead atoms. The summed E-state index contributed by atoms with van der Waals surface area (Å²) >= 11 is 0. The maximum absolute atomic E-state index is 14.4. The summed E-state index contributed by atoms with van der Waals surface area (Å²) in [6.07, 6.45) is 5.98. The SMILES string of the molecule is CC(=O)Nc1cnc2nc(-c3cc(NC(=O)c4cnc(C)o4)ccc3F)cn2c1. The first-order valence-electron chi connectivity index (χ1n) is 8.55. The Hall–Kier alpha value is -4.08. The first-order valence-corrected chi connectivity index (χ1v) is 8.55. The van der Waals surface area contributed by atoms with Gasteiger partial charge in [0.15, 0.2) is 5.89 Å². The molecular formula is C19H15FN6O3. The molecule has 0 saturated carbocycles. The molecular weight excluding hydrogens is 379 g/mol. The van der Waals surface area contributed by atoms with E-state index in [0.717, 1.165) is 0 Å². The molecule has 29 heavy (non-hydrogen) atoms. The summed E-state index contributed by atoms with van der Waals surface area (Å²) in [6, 6.07) is 4.13. The Bertz CT molecular complexity index is 1250. The Kier molecular flexibility index (Phi) is 4.51. The van der Waals surface area contributed by atoms with Gasteiger partial charge in [0.2, 0.25) is 17.4 Å². The van der Waals surface area contributed by atoms with E-state index in [2.05, 4.69) is 25.6 Å². The average molecular weight is 394 g/mol. The number of anilines is 2. The maximum Gasteiger partial charge on any atom is 0.293 e. The number of aromatic nitrogens is 4. The van der Waals surface area contributed by atoms with Crippen molar-refractivity contribution in [2.24, 2.45) is 0 Å². The standard InChI is InChI=1S/C19H15FN6O3/c1-10(27)23-13-6-22-19-25-16(9-26(19)8-13)14-5-12(3-4-15(14)20)24-18(28)17-7-21-11(2)29-17/h3-9H,1-2H3,(H,23,27)(H,24,28). The molecule has 2 amide bonds. The number of halogens is 1. The van der Waals surface area contributed by atoms with Gasteiger partial charge in [-0.15, -0.1) is 0 Å². The molecule has 9 nitrogen and oxygen atoms in total. The first-order chi connectivity index (χ1) is 13.9. The van der Waals surface area contributed by atoms with Crippen LogP contribution < -0.4 is 10.6 Å². The van der Waals surface area contributed by atoms with Crippen LogP contribution in [-0.4, -0.2) is 31.2 Å². The highest BCUT2D eigenvalue weighted by Crippen LogP contribution is 2.26. The van der Waals surface area contributed by atoms with Gasteiger partial charge in [-0.25, -0.2) is 19.3 Å². The fourth-order valence-electron chi connectivity index (χ4n) is 2.74. The molecule has 4 rings (SSSR count). The molecule has 2 N–H and O–H groups in total. The van der Waals surface area contributed by atoms with Crippen molar-refractivity contribution in [1.29, 1.82) is 0 Å². The van der Waals surface area contributed by atoms with Gasteiger partial charge in [-0.1, -0.05) is 0 Å². The monoisotopic (exact) mass is 394 g/mol. The summed E-state index contributed by atoms with van der Waals surface area (Å²) in [5.74, 6) is -0.492. The van der Waals surface area contributed by atoms with E-state index in [4.69, 9.17) is 4.42 Å². The number of hydrogen-bond acceptors (Lipinski definition) is 6. The van der Waals surface area contributed by atoms with Crippen molar-refractivity contribution in [1.82, 2.24) is 19.4 Å². The smallest absolute Gasteiger partial charge is 0.293 e. The fraction of sp³-hybridized carbons (Fsp3) is 0.105. The maximum atomic E-state index is 14.4. The van der Waals surface area contributed by atoms with Crippen LogP contribution >= 0.6 is 0 Å². The van der Waals surface area contributed by atoms with E-state index >= 15 is 0 Å². The van der Waals surface area contributed by atoms with Gasteiger partial charge < -0.3 is 15.1 Å². The van der Waals surface area contributed by atoms with E-state index in [-0.39, 0.29) is 17.2 Å². The molecule has 0 atom stereocenters. The van der Waals surface area contributed by atoms with Crippen molar-refractivity contribution >= 4 is 29.0 Å². The summed E-state index contributed by atoms with van der Waals surface area (Å²) in [5, 5.41) is 5.26. The zero-order chi connectivity index (χ0) is 20.5. The Morgan fingerprint density at radius 2 is 1.93 bits per heavy atom. The van der Waals surface area contributed by atoms with Crippen LogP contribution in [0.4, 0.5) is 15.8 Å². The first kappa shape index (κ1) is 18.3. The third kappa shape index (κ3) is 3.81. The lowest BCUT2D eigenvalue weighted by atomic mass is 10.1. The summed E-state index contributed by atoms with van der Waals surface area (Å²) in [6.45, 7) is 3.01. The van der Waals surface area contributed by atoms with Gasteiger partial charge >= 0.3 is 0 Å². The molecule has 4 aromatic rings. The van der Waals surface area contributed by atoms with Crippen molar-refractivity contribution in [2.75, 3.05) is 10.6 Å². The molecule has 146 valence electrons. The van der Waals surface area contributed by atoms with Crippen LogP contribution in [0.15, 0.2) is 47.4 Å². The second-order valence-corrected chi connectivity index (χ2v) is 6.25. The third-order valence-electron chi connectivity index (χ3n) is 3.98. The van der Waals surface area contributed by atoms with Gasteiger partial charge in [0.25, 0.3) is 5.91 Å². The minimum atomic E-state index is -0.510. The highest BCUT2D eigenvalue weighted by atomic mass is 19.1. The number of oxazole rings is 1. The van der Waals surface area contributed by atoms with Crippen LogP contribution in [0, 0.1) is 12.7 Å². The summed E-state index contributed by atoms with van der Waals surface area (Å²) in [5.41, 5.74) is 1.35. The summed E-state index contributed by atoms with van der Waals surface area (Å²) in [4.78, 5) is 35.7. The Morgan fingerprint density at radius 3 is 2.66 bits per heavy atom. The number of hydrogen-bond donors (Lipinski definition) is 2. The lowest BCUT2D eigenvalue weighted by Gasteiger charge is -2.06. The zero-order valence-corrected chi connectivity index (χ0v) is 15.4. The molecule has 0 fully saturated rings. The number of nitrogens with one attached hydrogen (secondary N) is 2. The van der Waals surface area contributed by atoms with Crippen LogP contribution in [0.1, 0.15) is 23.4 Å². The number of imidazole rings is 1. The second kappa shape index (κ2) is 7.15. The van der Waals surface area contributed by atoms with E-state index in [1.165, 1.54) is 37.5 Å². The minimum Gasteiger partial charge on any atom is -0.436 e. The van der Waals surface area contributed by atoms with Crippen LogP contribution in [0.3, 0.4) is 0 Å². The van der Waals surface area contributed by atoms with Crippen LogP contribution in [0.25, 0.3) is 17.0 Å². The number of aryl methyl sites for hydroxylation is 1. The normalized spacial score (nSPS) is 10.9. The predicted octanol–water partition coefficient (Wildman–Crippen LogP) is 3.04. The van der Waals surface area contributed by atoms with E-state index in [9.17, 15) is 14.0 Å². The number of benzene rings is 1. The van der Waals surface area contributed by atoms with Crippen LogP contribution in [-0.2, 0) is 4.79 Å². The van der Waals surface area contributed by atoms with Crippen molar-refractivity contribution in [3.63, 3.8) is 0 Å². The minimum absolute atomic E-state index is 0.0517. The molecule has 0 aliphatic heterocycles. The van der Waals surface area contributed by atoms with E-state index in [1.807, 2.05) is 0 Å². The molecule has 0 unspecified atom stereocenters. The van der Waals surface area contributed by atoms with Gasteiger partial charge in [-0.3, -0.25) is 14.0 Å². The third-order valence-corrected chi connectivity index (χ3v) is 3.98. The van der Waals surface area contributed by atoms with E-state index < -0.39 is 11.7 Å². The van der Waals surface area contributed by atoms with Crippen LogP contribution in [0.5, 0.6) is 0 Å². The number of nitrogens with zero attached hydrogens (tertiary/aromatic N) is 4. The number of amides is 2. The number of rotatable bonds is 4.